The summed E-state index contributed by atoms with van der Waals surface area (Å²) in [5.41, 5.74) is 6.84. The summed E-state index contributed by atoms with van der Waals surface area (Å²) in [7, 11) is 0. The smallest absolute Gasteiger partial charge is 0.243 e. The molecule has 4 N–H and O–H groups in total. The summed E-state index contributed by atoms with van der Waals surface area (Å²) in [6, 6.07) is 7.09. The van der Waals surface area contributed by atoms with E-state index in [-0.39, 0.29) is 30.3 Å². The van der Waals surface area contributed by atoms with Gasteiger partial charge in [-0.2, -0.15) is 0 Å². The highest BCUT2D eigenvalue weighted by atomic mass is 16.5. The molecule has 0 radical (unpaired) electrons. The van der Waals surface area contributed by atoms with Gasteiger partial charge in [0.2, 0.25) is 11.8 Å². The number of carbonyl (C=O) groups is 2. The molecule has 4 atom stereocenters. The Morgan fingerprint density at radius 2 is 1.92 bits per heavy atom. The SMILES string of the molecule is CCOc1ccc(NC(=O)CNC(=O)C2C3CCC(C3)C2N)cc1. The number of fused-ring (bicyclic) bond motifs is 2. The van der Waals surface area contributed by atoms with Gasteiger partial charge in [-0.1, -0.05) is 0 Å². The van der Waals surface area contributed by atoms with Gasteiger partial charge in [-0.3, -0.25) is 9.59 Å². The molecule has 2 bridgehead atoms. The lowest BCUT2D eigenvalue weighted by atomic mass is 9.84. The summed E-state index contributed by atoms with van der Waals surface area (Å²) < 4.78 is 5.35. The Labute approximate surface area is 142 Å². The quantitative estimate of drug-likeness (QED) is 0.736. The van der Waals surface area contributed by atoms with Crippen LogP contribution in [0.2, 0.25) is 0 Å². The number of hydrogen-bond donors (Lipinski definition) is 3. The van der Waals surface area contributed by atoms with Gasteiger partial charge in [-0.15, -0.1) is 0 Å². The average molecular weight is 331 g/mol. The highest BCUT2D eigenvalue weighted by Gasteiger charge is 2.48. The number of nitrogens with one attached hydrogen (secondary N) is 2. The highest BCUT2D eigenvalue weighted by molar-refractivity contribution is 5.95. The number of amides is 2. The first-order valence-electron chi connectivity index (χ1n) is 8.64. The van der Waals surface area contributed by atoms with E-state index in [4.69, 9.17) is 10.5 Å². The molecule has 2 aliphatic carbocycles. The molecule has 0 heterocycles. The van der Waals surface area contributed by atoms with Crippen molar-refractivity contribution >= 4 is 17.5 Å². The molecule has 6 nitrogen and oxygen atoms in total. The largest absolute Gasteiger partial charge is 0.494 e. The van der Waals surface area contributed by atoms with Gasteiger partial charge < -0.3 is 21.1 Å². The maximum atomic E-state index is 12.3. The maximum absolute atomic E-state index is 12.3. The van der Waals surface area contributed by atoms with E-state index in [1.165, 1.54) is 0 Å². The summed E-state index contributed by atoms with van der Waals surface area (Å²) in [6.07, 6.45) is 3.26. The lowest BCUT2D eigenvalue weighted by Crippen LogP contribution is -2.46. The van der Waals surface area contributed by atoms with Crippen molar-refractivity contribution in [3.8, 4) is 5.75 Å². The third-order valence-electron chi connectivity index (χ3n) is 5.16. The third kappa shape index (κ3) is 3.53. The van der Waals surface area contributed by atoms with Gasteiger partial charge in [-0.05, 0) is 62.3 Å². The molecule has 6 heteroatoms. The summed E-state index contributed by atoms with van der Waals surface area (Å²) in [4.78, 5) is 24.3. The molecule has 0 aromatic heterocycles. The van der Waals surface area contributed by atoms with E-state index in [2.05, 4.69) is 10.6 Å². The molecule has 0 aliphatic heterocycles. The number of anilines is 1. The summed E-state index contributed by atoms with van der Waals surface area (Å²) in [6.45, 7) is 2.48. The lowest BCUT2D eigenvalue weighted by molar-refractivity contribution is -0.129. The lowest BCUT2D eigenvalue weighted by Gasteiger charge is -2.26. The van der Waals surface area contributed by atoms with Crippen LogP contribution in [0.15, 0.2) is 24.3 Å². The van der Waals surface area contributed by atoms with Crippen LogP contribution in [0.25, 0.3) is 0 Å². The Morgan fingerprint density at radius 3 is 2.54 bits per heavy atom. The van der Waals surface area contributed by atoms with Crippen LogP contribution < -0.4 is 21.1 Å². The first-order chi connectivity index (χ1) is 11.6. The minimum absolute atomic E-state index is 0.0351. The van der Waals surface area contributed by atoms with Crippen LogP contribution in [-0.2, 0) is 9.59 Å². The van der Waals surface area contributed by atoms with Crippen LogP contribution in [0.4, 0.5) is 5.69 Å². The number of benzene rings is 1. The van der Waals surface area contributed by atoms with E-state index in [0.717, 1.165) is 25.0 Å². The Kier molecular flexibility index (Phi) is 5.04. The number of hydrogen-bond acceptors (Lipinski definition) is 4. The summed E-state index contributed by atoms with van der Waals surface area (Å²) in [5, 5.41) is 5.50. The average Bonchev–Trinajstić information content (AvgIpc) is 3.16. The van der Waals surface area contributed by atoms with Crippen LogP contribution in [0, 0.1) is 17.8 Å². The van der Waals surface area contributed by atoms with Crippen molar-refractivity contribution in [1.82, 2.24) is 5.32 Å². The Balaban J connectivity index is 1.46. The number of nitrogens with two attached hydrogens (primary N) is 1. The fourth-order valence-electron chi connectivity index (χ4n) is 4.02. The van der Waals surface area contributed by atoms with Gasteiger partial charge in [0.15, 0.2) is 0 Å². The van der Waals surface area contributed by atoms with Gasteiger partial charge in [0.25, 0.3) is 0 Å². The number of rotatable bonds is 6. The predicted octanol–water partition coefficient (Wildman–Crippen LogP) is 1.51. The van der Waals surface area contributed by atoms with Crippen LogP contribution in [0.1, 0.15) is 26.2 Å². The molecule has 1 aromatic rings. The maximum Gasteiger partial charge on any atom is 0.243 e. The standard InChI is InChI=1S/C18H25N3O3/c1-2-24-14-7-5-13(6-8-14)21-15(22)10-20-18(23)16-11-3-4-12(9-11)17(16)19/h5-8,11-12,16-17H,2-4,9-10,19H2,1H3,(H,20,23)(H,21,22). The molecule has 2 amide bonds. The normalized spacial score (nSPS) is 27.8. The van der Waals surface area contributed by atoms with E-state index < -0.39 is 0 Å². The minimum atomic E-state index is -0.246. The van der Waals surface area contributed by atoms with Crippen molar-refractivity contribution in [3.63, 3.8) is 0 Å². The molecule has 0 saturated heterocycles. The molecule has 0 spiro atoms. The van der Waals surface area contributed by atoms with E-state index in [1.807, 2.05) is 6.92 Å². The van der Waals surface area contributed by atoms with Gasteiger partial charge >= 0.3 is 0 Å². The molecule has 130 valence electrons. The number of carbonyl (C=O) groups excluding carboxylic acids is 2. The first kappa shape index (κ1) is 16.8. The number of ether oxygens (including phenoxy) is 1. The Hall–Kier alpha value is -2.08. The van der Waals surface area contributed by atoms with E-state index in [1.54, 1.807) is 24.3 Å². The second-order valence-corrected chi connectivity index (χ2v) is 6.66. The van der Waals surface area contributed by atoms with Crippen molar-refractivity contribution in [2.45, 2.75) is 32.2 Å². The summed E-state index contributed by atoms with van der Waals surface area (Å²) >= 11 is 0. The minimum Gasteiger partial charge on any atom is -0.494 e. The predicted molar refractivity (Wildman–Crippen MR) is 91.5 cm³/mol. The van der Waals surface area contributed by atoms with Gasteiger partial charge in [-0.25, -0.2) is 0 Å². The van der Waals surface area contributed by atoms with Crippen molar-refractivity contribution in [1.29, 1.82) is 0 Å². The van der Waals surface area contributed by atoms with Gasteiger partial charge in [0.1, 0.15) is 5.75 Å². The molecule has 2 fully saturated rings. The molecule has 4 unspecified atom stereocenters. The zero-order valence-electron chi connectivity index (χ0n) is 14.0. The van der Waals surface area contributed by atoms with Crippen molar-refractivity contribution in [2.24, 2.45) is 23.5 Å². The Bertz CT molecular complexity index is 600. The fraction of sp³-hybridized carbons (Fsp3) is 0.556. The third-order valence-corrected chi connectivity index (χ3v) is 5.16. The van der Waals surface area contributed by atoms with Crippen molar-refractivity contribution < 1.29 is 14.3 Å². The topological polar surface area (TPSA) is 93.5 Å². The van der Waals surface area contributed by atoms with Crippen molar-refractivity contribution in [3.05, 3.63) is 24.3 Å². The molecule has 2 saturated carbocycles. The molecule has 2 aliphatic rings. The highest BCUT2D eigenvalue weighted by Crippen LogP contribution is 2.47. The molecule has 1 aromatic carbocycles. The van der Waals surface area contributed by atoms with E-state index >= 15 is 0 Å². The van der Waals surface area contributed by atoms with Gasteiger partial charge in [0.05, 0.1) is 19.1 Å². The zero-order chi connectivity index (χ0) is 17.1. The molecular weight excluding hydrogens is 306 g/mol. The molecule has 24 heavy (non-hydrogen) atoms. The second-order valence-electron chi connectivity index (χ2n) is 6.66. The van der Waals surface area contributed by atoms with Crippen LogP contribution in [0.5, 0.6) is 5.75 Å². The van der Waals surface area contributed by atoms with E-state index in [0.29, 0.717) is 24.1 Å². The monoisotopic (exact) mass is 331 g/mol. The molecule has 3 rings (SSSR count). The van der Waals surface area contributed by atoms with Crippen LogP contribution in [0.3, 0.4) is 0 Å². The molecular formula is C18H25N3O3. The van der Waals surface area contributed by atoms with Gasteiger partial charge in [0, 0.05) is 11.7 Å². The zero-order valence-corrected chi connectivity index (χ0v) is 14.0. The summed E-state index contributed by atoms with van der Waals surface area (Å²) in [5.74, 6) is 1.15. The second kappa shape index (κ2) is 7.21. The van der Waals surface area contributed by atoms with Crippen molar-refractivity contribution in [2.75, 3.05) is 18.5 Å². The fourth-order valence-corrected chi connectivity index (χ4v) is 4.02. The van der Waals surface area contributed by atoms with Crippen LogP contribution >= 0.6 is 0 Å². The van der Waals surface area contributed by atoms with Crippen LogP contribution in [-0.4, -0.2) is 31.0 Å². The first-order valence-corrected chi connectivity index (χ1v) is 8.64. The van der Waals surface area contributed by atoms with E-state index in [9.17, 15) is 9.59 Å². The Morgan fingerprint density at radius 1 is 1.21 bits per heavy atom.